The molecule has 0 fully saturated rings. The molecule has 21 heavy (non-hydrogen) atoms. The van der Waals surface area contributed by atoms with Gasteiger partial charge >= 0.3 is 5.97 Å². The number of methoxy groups -OCH3 is 1. The summed E-state index contributed by atoms with van der Waals surface area (Å²) in [4.78, 5) is 23.4. The van der Waals surface area contributed by atoms with E-state index in [1.165, 1.54) is 7.11 Å². The van der Waals surface area contributed by atoms with Crippen LogP contribution in [0.15, 0.2) is 30.9 Å². The normalized spacial score (nSPS) is 11.6. The second kappa shape index (κ2) is 8.14. The van der Waals surface area contributed by atoms with Crippen molar-refractivity contribution in [2.24, 2.45) is 0 Å². The van der Waals surface area contributed by atoms with Gasteiger partial charge in [-0.25, -0.2) is 13.6 Å². The van der Waals surface area contributed by atoms with Crippen molar-refractivity contribution >= 4 is 11.9 Å². The molecule has 0 radical (unpaired) electrons. The van der Waals surface area contributed by atoms with Gasteiger partial charge < -0.3 is 10.1 Å². The van der Waals surface area contributed by atoms with Gasteiger partial charge in [-0.05, 0) is 30.5 Å². The summed E-state index contributed by atoms with van der Waals surface area (Å²) >= 11 is 0. The highest BCUT2D eigenvalue weighted by molar-refractivity contribution is 5.85. The molecular formula is C15H17F2NO3. The monoisotopic (exact) mass is 297 g/mol. The lowest BCUT2D eigenvalue weighted by Gasteiger charge is -2.15. The first-order valence-corrected chi connectivity index (χ1v) is 6.39. The number of hydrogen-bond acceptors (Lipinski definition) is 3. The Balaban J connectivity index is 2.68. The maximum Gasteiger partial charge on any atom is 0.328 e. The average Bonchev–Trinajstić information content (AvgIpc) is 2.41. The van der Waals surface area contributed by atoms with Crippen LogP contribution in [0.4, 0.5) is 8.78 Å². The van der Waals surface area contributed by atoms with E-state index in [2.05, 4.69) is 16.6 Å². The Hall–Kier alpha value is -2.24. The molecule has 0 spiro atoms. The third-order valence-electron chi connectivity index (χ3n) is 2.77. The number of nitrogens with one attached hydrogen (secondary N) is 1. The van der Waals surface area contributed by atoms with E-state index < -0.39 is 29.6 Å². The number of halogens is 2. The number of esters is 1. The van der Waals surface area contributed by atoms with Crippen molar-refractivity contribution in [2.75, 3.05) is 7.11 Å². The molecule has 0 bridgehead atoms. The van der Waals surface area contributed by atoms with Crippen LogP contribution in [0.5, 0.6) is 0 Å². The minimum absolute atomic E-state index is 0.192. The summed E-state index contributed by atoms with van der Waals surface area (Å²) in [5.41, 5.74) is 0.192. The van der Waals surface area contributed by atoms with Gasteiger partial charge in [0.1, 0.15) is 17.7 Å². The van der Waals surface area contributed by atoms with Crippen molar-refractivity contribution in [3.63, 3.8) is 0 Å². The van der Waals surface area contributed by atoms with Crippen molar-refractivity contribution in [3.05, 3.63) is 48.1 Å². The summed E-state index contributed by atoms with van der Waals surface area (Å²) in [7, 11) is 1.22. The standard InChI is InChI=1S/C15H17F2NO3/c1-3-4-5-13(15(20)21-2)18-14(19)8-10-6-11(16)9-12(17)7-10/h3,6-7,9,13H,1,4-5,8H2,2H3,(H,18,19)/t13-/m1/s1. The molecule has 1 amide bonds. The van der Waals surface area contributed by atoms with Crippen LogP contribution < -0.4 is 5.32 Å². The van der Waals surface area contributed by atoms with Gasteiger partial charge in [-0.15, -0.1) is 6.58 Å². The lowest BCUT2D eigenvalue weighted by Crippen LogP contribution is -2.42. The van der Waals surface area contributed by atoms with Crippen LogP contribution >= 0.6 is 0 Å². The quantitative estimate of drug-likeness (QED) is 0.619. The zero-order valence-electron chi connectivity index (χ0n) is 11.7. The van der Waals surface area contributed by atoms with E-state index in [4.69, 9.17) is 0 Å². The Morgan fingerprint density at radius 2 is 1.95 bits per heavy atom. The van der Waals surface area contributed by atoms with Crippen molar-refractivity contribution in [2.45, 2.75) is 25.3 Å². The van der Waals surface area contributed by atoms with Crippen LogP contribution in [0.1, 0.15) is 18.4 Å². The number of ether oxygens (including phenoxy) is 1. The molecular weight excluding hydrogens is 280 g/mol. The van der Waals surface area contributed by atoms with Crippen molar-refractivity contribution in [1.29, 1.82) is 0 Å². The molecule has 1 atom stereocenters. The predicted octanol–water partition coefficient (Wildman–Crippen LogP) is 2.13. The number of allylic oxidation sites excluding steroid dienone is 1. The number of amides is 1. The smallest absolute Gasteiger partial charge is 0.328 e. The van der Waals surface area contributed by atoms with E-state index >= 15 is 0 Å². The van der Waals surface area contributed by atoms with Gasteiger partial charge in [0, 0.05) is 6.07 Å². The molecule has 1 aromatic carbocycles. The van der Waals surface area contributed by atoms with Crippen molar-refractivity contribution < 1.29 is 23.1 Å². The first-order chi connectivity index (χ1) is 9.96. The lowest BCUT2D eigenvalue weighted by molar-refractivity contribution is -0.145. The number of carbonyl (C=O) groups is 2. The second-order valence-electron chi connectivity index (χ2n) is 4.46. The molecule has 0 aliphatic carbocycles. The van der Waals surface area contributed by atoms with E-state index in [1.807, 2.05) is 0 Å². The van der Waals surface area contributed by atoms with Gasteiger partial charge in [-0.1, -0.05) is 6.08 Å². The number of rotatable bonds is 7. The molecule has 4 nitrogen and oxygen atoms in total. The van der Waals surface area contributed by atoms with Gasteiger partial charge in [-0.3, -0.25) is 4.79 Å². The minimum Gasteiger partial charge on any atom is -0.467 e. The Bertz CT molecular complexity index is 511. The van der Waals surface area contributed by atoms with Crippen LogP contribution in [0.25, 0.3) is 0 Å². The molecule has 0 saturated carbocycles. The highest BCUT2D eigenvalue weighted by atomic mass is 19.1. The third kappa shape index (κ3) is 5.72. The second-order valence-corrected chi connectivity index (χ2v) is 4.46. The number of benzene rings is 1. The molecule has 6 heteroatoms. The highest BCUT2D eigenvalue weighted by Gasteiger charge is 2.20. The summed E-state index contributed by atoms with van der Waals surface area (Å²) in [5, 5.41) is 2.48. The zero-order chi connectivity index (χ0) is 15.8. The topological polar surface area (TPSA) is 55.4 Å². The lowest BCUT2D eigenvalue weighted by atomic mass is 10.1. The third-order valence-corrected chi connectivity index (χ3v) is 2.77. The zero-order valence-corrected chi connectivity index (χ0v) is 11.7. The summed E-state index contributed by atoms with van der Waals surface area (Å²) in [6.45, 7) is 3.54. The Labute approximate surface area is 121 Å². The van der Waals surface area contributed by atoms with E-state index in [0.29, 0.717) is 12.8 Å². The van der Waals surface area contributed by atoms with Crippen LogP contribution in [0, 0.1) is 11.6 Å². The van der Waals surface area contributed by atoms with Crippen LogP contribution in [0.2, 0.25) is 0 Å². The van der Waals surface area contributed by atoms with Crippen LogP contribution in [-0.2, 0) is 20.7 Å². The Kier molecular flexibility index (Phi) is 6.52. The molecule has 0 unspecified atom stereocenters. The molecule has 0 aliphatic heterocycles. The average molecular weight is 297 g/mol. The van der Waals surface area contributed by atoms with Crippen molar-refractivity contribution in [3.8, 4) is 0 Å². The fourth-order valence-corrected chi connectivity index (χ4v) is 1.82. The largest absolute Gasteiger partial charge is 0.467 e. The van der Waals surface area contributed by atoms with Crippen molar-refractivity contribution in [1.82, 2.24) is 5.32 Å². The molecule has 0 heterocycles. The Morgan fingerprint density at radius 3 is 2.48 bits per heavy atom. The SMILES string of the molecule is C=CCC[C@@H](NC(=O)Cc1cc(F)cc(F)c1)C(=O)OC. The first-order valence-electron chi connectivity index (χ1n) is 6.39. The molecule has 1 rings (SSSR count). The molecule has 114 valence electrons. The number of hydrogen-bond donors (Lipinski definition) is 1. The van der Waals surface area contributed by atoms with E-state index in [-0.39, 0.29) is 12.0 Å². The first kappa shape index (κ1) is 16.8. The van der Waals surface area contributed by atoms with E-state index in [0.717, 1.165) is 18.2 Å². The maximum atomic E-state index is 13.0. The molecule has 1 N–H and O–H groups in total. The summed E-state index contributed by atoms with van der Waals surface area (Å²) in [6, 6.07) is 2.06. The van der Waals surface area contributed by atoms with E-state index in [9.17, 15) is 18.4 Å². The summed E-state index contributed by atoms with van der Waals surface area (Å²) < 4.78 is 30.7. The minimum atomic E-state index is -0.807. The van der Waals surface area contributed by atoms with Gasteiger partial charge in [0.2, 0.25) is 5.91 Å². The maximum absolute atomic E-state index is 13.0. The number of carbonyl (C=O) groups excluding carboxylic acids is 2. The highest BCUT2D eigenvalue weighted by Crippen LogP contribution is 2.09. The van der Waals surface area contributed by atoms with Crippen LogP contribution in [0.3, 0.4) is 0 Å². The fraction of sp³-hybridized carbons (Fsp3) is 0.333. The van der Waals surface area contributed by atoms with Gasteiger partial charge in [0.05, 0.1) is 13.5 Å². The molecule has 0 aliphatic rings. The predicted molar refractivity (Wildman–Crippen MR) is 73.4 cm³/mol. The summed E-state index contributed by atoms with van der Waals surface area (Å²) in [5.74, 6) is -2.60. The Morgan fingerprint density at radius 1 is 1.33 bits per heavy atom. The van der Waals surface area contributed by atoms with E-state index in [1.54, 1.807) is 6.08 Å². The molecule has 0 aromatic heterocycles. The molecule has 0 saturated heterocycles. The fourth-order valence-electron chi connectivity index (χ4n) is 1.82. The molecule has 1 aromatic rings. The summed E-state index contributed by atoms with van der Waals surface area (Å²) in [6.07, 6.45) is 2.26. The van der Waals surface area contributed by atoms with Gasteiger partial charge in [0.25, 0.3) is 0 Å². The van der Waals surface area contributed by atoms with Gasteiger partial charge in [0.15, 0.2) is 0 Å². The van der Waals surface area contributed by atoms with Gasteiger partial charge in [-0.2, -0.15) is 0 Å². The van der Waals surface area contributed by atoms with Crippen LogP contribution in [-0.4, -0.2) is 25.0 Å².